The van der Waals surface area contributed by atoms with Gasteiger partial charge in [0.05, 0.1) is 6.54 Å². The number of carbonyl (C=O) groups is 1. The molecular formula is C15H31IN4O2S. The van der Waals surface area contributed by atoms with Gasteiger partial charge in [0, 0.05) is 24.9 Å². The summed E-state index contributed by atoms with van der Waals surface area (Å²) >= 11 is 2.00. The monoisotopic (exact) mass is 458 g/mol. The summed E-state index contributed by atoms with van der Waals surface area (Å²) in [5.74, 6) is 2.06. The van der Waals surface area contributed by atoms with E-state index in [1.807, 2.05) is 39.5 Å². The van der Waals surface area contributed by atoms with E-state index in [9.17, 15) is 4.79 Å². The first-order valence-electron chi connectivity index (χ1n) is 8.01. The number of aliphatic imine (C=N–C) groups is 1. The number of ether oxygens (including phenoxy) is 1. The maximum atomic E-state index is 11.5. The molecular weight excluding hydrogens is 427 g/mol. The largest absolute Gasteiger partial charge is 0.444 e. The minimum absolute atomic E-state index is 0. The van der Waals surface area contributed by atoms with Gasteiger partial charge >= 0.3 is 6.09 Å². The topological polar surface area (TPSA) is 74.8 Å². The average molecular weight is 458 g/mol. The lowest BCUT2D eigenvalue weighted by atomic mass is 10.2. The van der Waals surface area contributed by atoms with Gasteiger partial charge in [0.15, 0.2) is 5.96 Å². The first kappa shape index (κ1) is 22.6. The number of carbonyl (C=O) groups excluding carboxylic acids is 1. The maximum absolute atomic E-state index is 11.5. The summed E-state index contributed by atoms with van der Waals surface area (Å²) in [5, 5.41) is 9.81. The van der Waals surface area contributed by atoms with E-state index in [-0.39, 0.29) is 24.0 Å². The molecule has 1 aliphatic rings. The van der Waals surface area contributed by atoms with Gasteiger partial charge in [0.25, 0.3) is 0 Å². The summed E-state index contributed by atoms with van der Waals surface area (Å²) in [5.41, 5.74) is -0.465. The van der Waals surface area contributed by atoms with Gasteiger partial charge < -0.3 is 20.7 Å². The van der Waals surface area contributed by atoms with Crippen LogP contribution in [0.5, 0.6) is 0 Å². The first-order chi connectivity index (χ1) is 10.4. The Kier molecular flexibility index (Phi) is 11.9. The zero-order chi connectivity index (χ0) is 16.4. The van der Waals surface area contributed by atoms with Crippen LogP contribution >= 0.6 is 35.7 Å². The number of guanidine groups is 1. The molecule has 1 atom stereocenters. The van der Waals surface area contributed by atoms with Crippen molar-refractivity contribution in [3.63, 3.8) is 0 Å². The second-order valence-electron chi connectivity index (χ2n) is 6.21. The third-order valence-electron chi connectivity index (χ3n) is 2.91. The molecule has 0 aliphatic carbocycles. The molecule has 0 aromatic carbocycles. The number of nitrogens with zero attached hydrogens (tertiary/aromatic N) is 1. The fourth-order valence-electron chi connectivity index (χ4n) is 1.98. The highest BCUT2D eigenvalue weighted by atomic mass is 127. The van der Waals surface area contributed by atoms with Crippen molar-refractivity contribution in [3.05, 3.63) is 0 Å². The van der Waals surface area contributed by atoms with Gasteiger partial charge in [-0.05, 0) is 46.3 Å². The number of hydrogen-bond donors (Lipinski definition) is 3. The Balaban J connectivity index is 0.00000484. The molecule has 1 amide bonds. The molecule has 0 aromatic rings. The van der Waals surface area contributed by atoms with Crippen molar-refractivity contribution in [3.8, 4) is 0 Å². The third kappa shape index (κ3) is 11.7. The van der Waals surface area contributed by atoms with E-state index in [1.54, 1.807) is 0 Å². The molecule has 136 valence electrons. The standard InChI is InChI=1S/C15H30N4O2S.HI/c1-5-16-13(19-11-12-7-6-10-22-12)17-8-9-18-14(20)21-15(2,3)4;/h12H,5-11H2,1-4H3,(H,18,20)(H2,16,17,19);1H. The van der Waals surface area contributed by atoms with Crippen LogP contribution in [0, 0.1) is 0 Å². The van der Waals surface area contributed by atoms with E-state index in [4.69, 9.17) is 4.74 Å². The van der Waals surface area contributed by atoms with Crippen LogP contribution in [-0.2, 0) is 4.74 Å². The van der Waals surface area contributed by atoms with Gasteiger partial charge in [-0.25, -0.2) is 4.79 Å². The Morgan fingerprint density at radius 3 is 2.52 bits per heavy atom. The fraction of sp³-hybridized carbons (Fsp3) is 0.867. The molecule has 0 spiro atoms. The summed E-state index contributed by atoms with van der Waals surface area (Å²) in [4.78, 5) is 16.1. The number of hydrogen-bond acceptors (Lipinski definition) is 4. The molecule has 6 nitrogen and oxygen atoms in total. The molecule has 0 saturated carbocycles. The zero-order valence-electron chi connectivity index (χ0n) is 14.6. The normalized spacial score (nSPS) is 18.1. The van der Waals surface area contributed by atoms with Gasteiger partial charge in [-0.3, -0.25) is 4.99 Å². The summed E-state index contributed by atoms with van der Waals surface area (Å²) < 4.78 is 5.18. The Hall–Kier alpha value is -0.380. The van der Waals surface area contributed by atoms with Gasteiger partial charge in [0.2, 0.25) is 0 Å². The first-order valence-corrected chi connectivity index (χ1v) is 9.06. The molecule has 0 aromatic heterocycles. The van der Waals surface area contributed by atoms with E-state index >= 15 is 0 Å². The number of thioether (sulfide) groups is 1. The number of nitrogens with one attached hydrogen (secondary N) is 3. The minimum atomic E-state index is -0.465. The molecule has 1 fully saturated rings. The minimum Gasteiger partial charge on any atom is -0.444 e. The van der Waals surface area contributed by atoms with E-state index in [0.29, 0.717) is 18.3 Å². The van der Waals surface area contributed by atoms with Gasteiger partial charge in [-0.15, -0.1) is 24.0 Å². The fourth-order valence-corrected chi connectivity index (χ4v) is 3.16. The highest BCUT2D eigenvalue weighted by molar-refractivity contribution is 14.0. The summed E-state index contributed by atoms with van der Waals surface area (Å²) in [6, 6.07) is 0. The van der Waals surface area contributed by atoms with Crippen molar-refractivity contribution in [2.75, 3.05) is 31.9 Å². The highest BCUT2D eigenvalue weighted by Gasteiger charge is 2.16. The maximum Gasteiger partial charge on any atom is 0.407 e. The van der Waals surface area contributed by atoms with Crippen molar-refractivity contribution in [1.29, 1.82) is 0 Å². The molecule has 8 heteroatoms. The van der Waals surface area contributed by atoms with Crippen molar-refractivity contribution in [2.24, 2.45) is 4.99 Å². The van der Waals surface area contributed by atoms with Crippen LogP contribution in [0.15, 0.2) is 4.99 Å². The lowest BCUT2D eigenvalue weighted by Crippen LogP contribution is -2.42. The Morgan fingerprint density at radius 1 is 1.26 bits per heavy atom. The average Bonchev–Trinajstić information content (AvgIpc) is 2.92. The zero-order valence-corrected chi connectivity index (χ0v) is 17.8. The summed E-state index contributed by atoms with van der Waals surface area (Å²) in [6.45, 7) is 10.4. The summed E-state index contributed by atoms with van der Waals surface area (Å²) in [7, 11) is 0. The smallest absolute Gasteiger partial charge is 0.407 e. The molecule has 23 heavy (non-hydrogen) atoms. The predicted molar refractivity (Wildman–Crippen MR) is 109 cm³/mol. The molecule has 0 bridgehead atoms. The molecule has 1 saturated heterocycles. The van der Waals surface area contributed by atoms with Gasteiger partial charge in [-0.2, -0.15) is 11.8 Å². The SMILES string of the molecule is CCNC(=NCC1CCCS1)NCCNC(=O)OC(C)(C)C.I. The number of amides is 1. The highest BCUT2D eigenvalue weighted by Crippen LogP contribution is 2.25. The van der Waals surface area contributed by atoms with Crippen molar-refractivity contribution < 1.29 is 9.53 Å². The predicted octanol–water partition coefficient (Wildman–Crippen LogP) is 2.58. The molecule has 0 radical (unpaired) electrons. The number of rotatable bonds is 6. The van der Waals surface area contributed by atoms with Gasteiger partial charge in [0.1, 0.15) is 5.60 Å². The Bertz CT molecular complexity index is 369. The molecule has 3 N–H and O–H groups in total. The molecule has 1 unspecified atom stereocenters. The summed E-state index contributed by atoms with van der Waals surface area (Å²) in [6.07, 6.45) is 2.17. The van der Waals surface area contributed by atoms with E-state index in [1.165, 1.54) is 18.6 Å². The third-order valence-corrected chi connectivity index (χ3v) is 4.29. The lowest BCUT2D eigenvalue weighted by molar-refractivity contribution is 0.0529. The van der Waals surface area contributed by atoms with Crippen LogP contribution in [0.1, 0.15) is 40.5 Å². The Labute approximate surface area is 161 Å². The van der Waals surface area contributed by atoms with Crippen molar-refractivity contribution >= 4 is 47.8 Å². The van der Waals surface area contributed by atoms with Crippen LogP contribution in [0.3, 0.4) is 0 Å². The van der Waals surface area contributed by atoms with E-state index in [2.05, 4.69) is 20.9 Å². The van der Waals surface area contributed by atoms with E-state index in [0.717, 1.165) is 19.0 Å². The number of halogens is 1. The van der Waals surface area contributed by atoms with Gasteiger partial charge in [-0.1, -0.05) is 0 Å². The van der Waals surface area contributed by atoms with Crippen molar-refractivity contribution in [1.82, 2.24) is 16.0 Å². The second kappa shape index (κ2) is 12.0. The van der Waals surface area contributed by atoms with Crippen LogP contribution in [0.25, 0.3) is 0 Å². The molecule has 1 aliphatic heterocycles. The molecule has 1 heterocycles. The van der Waals surface area contributed by atoms with E-state index < -0.39 is 11.7 Å². The lowest BCUT2D eigenvalue weighted by Gasteiger charge is -2.20. The van der Waals surface area contributed by atoms with Crippen LogP contribution < -0.4 is 16.0 Å². The van der Waals surface area contributed by atoms with Crippen molar-refractivity contribution in [2.45, 2.75) is 51.4 Å². The molecule has 1 rings (SSSR count). The van der Waals surface area contributed by atoms with Crippen LogP contribution in [-0.4, -0.2) is 54.8 Å². The van der Waals surface area contributed by atoms with Crippen LogP contribution in [0.4, 0.5) is 4.79 Å². The Morgan fingerprint density at radius 2 is 1.96 bits per heavy atom. The van der Waals surface area contributed by atoms with Crippen LogP contribution in [0.2, 0.25) is 0 Å². The number of alkyl carbamates (subject to hydrolysis) is 1. The second-order valence-corrected chi connectivity index (χ2v) is 7.62. The quantitative estimate of drug-likeness (QED) is 0.247.